The van der Waals surface area contributed by atoms with E-state index in [0.717, 1.165) is 11.4 Å². The Hall–Kier alpha value is -1.10. The third-order valence-electron chi connectivity index (χ3n) is 2.34. The van der Waals surface area contributed by atoms with Gasteiger partial charge in [0.05, 0.1) is 11.3 Å². The molecular weight excluding hydrogens is 291 g/mol. The summed E-state index contributed by atoms with van der Waals surface area (Å²) >= 11 is 13.1. The summed E-state index contributed by atoms with van der Waals surface area (Å²) < 4.78 is 4.17. The number of carbonyl (C=O) groups is 1. The van der Waals surface area contributed by atoms with Crippen molar-refractivity contribution < 1.29 is 4.79 Å². The van der Waals surface area contributed by atoms with Crippen LogP contribution in [0.2, 0.25) is 10.0 Å². The Morgan fingerprint density at radius 3 is 2.44 bits per heavy atom. The van der Waals surface area contributed by atoms with E-state index in [-0.39, 0.29) is 5.78 Å². The van der Waals surface area contributed by atoms with E-state index in [1.165, 1.54) is 18.5 Å². The lowest BCUT2D eigenvalue weighted by molar-refractivity contribution is 0.101. The van der Waals surface area contributed by atoms with Crippen LogP contribution in [0.3, 0.4) is 0 Å². The second kappa shape index (κ2) is 5.26. The number of nitrogens with one attached hydrogen (secondary N) is 1. The molecule has 2 aromatic rings. The van der Waals surface area contributed by atoms with Gasteiger partial charge < -0.3 is 5.32 Å². The molecule has 6 heteroatoms. The van der Waals surface area contributed by atoms with Crippen LogP contribution in [-0.2, 0) is 0 Å². The lowest BCUT2D eigenvalue weighted by Gasteiger charge is -2.06. The molecule has 1 aromatic carbocycles. The van der Waals surface area contributed by atoms with Crippen molar-refractivity contribution in [3.8, 4) is 0 Å². The fraction of sp³-hybridized carbons (Fsp3) is 0.167. The fourth-order valence-corrected chi connectivity index (χ4v) is 3.02. The number of halogens is 2. The number of benzene rings is 1. The first-order valence-corrected chi connectivity index (χ1v) is 6.70. The molecule has 1 N–H and O–H groups in total. The van der Waals surface area contributed by atoms with Crippen molar-refractivity contribution in [2.45, 2.75) is 13.8 Å². The molecule has 0 fully saturated rings. The summed E-state index contributed by atoms with van der Waals surface area (Å²) in [5.74, 6) is -0.0168. The number of carbonyl (C=O) groups excluding carboxylic acids is 1. The summed E-state index contributed by atoms with van der Waals surface area (Å²) in [5, 5.41) is 4.90. The number of anilines is 2. The van der Waals surface area contributed by atoms with E-state index in [4.69, 9.17) is 23.2 Å². The Morgan fingerprint density at radius 1 is 1.28 bits per heavy atom. The van der Waals surface area contributed by atoms with Crippen molar-refractivity contribution in [2.24, 2.45) is 0 Å². The predicted octanol–water partition coefficient (Wildman–Crippen LogP) is 4.70. The number of rotatable bonds is 3. The highest BCUT2D eigenvalue weighted by molar-refractivity contribution is 7.10. The summed E-state index contributed by atoms with van der Waals surface area (Å²) in [7, 11) is 0. The molecule has 0 aliphatic carbocycles. The van der Waals surface area contributed by atoms with E-state index < -0.39 is 0 Å². The normalized spacial score (nSPS) is 10.4. The zero-order chi connectivity index (χ0) is 13.3. The molecule has 0 aliphatic heterocycles. The minimum absolute atomic E-state index is 0.0168. The number of aromatic nitrogens is 1. The average molecular weight is 301 g/mol. The molecule has 1 aromatic heterocycles. The number of ketones is 1. The van der Waals surface area contributed by atoms with Gasteiger partial charge in [0.15, 0.2) is 5.78 Å². The monoisotopic (exact) mass is 300 g/mol. The molecule has 2 rings (SSSR count). The fourth-order valence-electron chi connectivity index (χ4n) is 1.63. The highest BCUT2D eigenvalue weighted by Gasteiger charge is 2.15. The summed E-state index contributed by atoms with van der Waals surface area (Å²) in [6.45, 7) is 3.33. The molecule has 0 atom stereocenters. The maximum Gasteiger partial charge on any atom is 0.164 e. The van der Waals surface area contributed by atoms with Crippen molar-refractivity contribution in [1.29, 1.82) is 0 Å². The van der Waals surface area contributed by atoms with E-state index in [9.17, 15) is 4.79 Å². The van der Waals surface area contributed by atoms with Gasteiger partial charge in [-0.15, -0.1) is 0 Å². The molecule has 0 aliphatic rings. The van der Waals surface area contributed by atoms with Gasteiger partial charge in [-0.05, 0) is 43.6 Å². The second-order valence-electron chi connectivity index (χ2n) is 3.81. The molecule has 94 valence electrons. The van der Waals surface area contributed by atoms with Crippen LogP contribution >= 0.6 is 34.7 Å². The molecular formula is C12H10Cl2N2OS. The van der Waals surface area contributed by atoms with Crippen molar-refractivity contribution >= 4 is 51.2 Å². The van der Waals surface area contributed by atoms with Crippen molar-refractivity contribution in [2.75, 3.05) is 5.32 Å². The Kier molecular flexibility index (Phi) is 3.90. The maximum absolute atomic E-state index is 11.5. The molecule has 0 radical (unpaired) electrons. The van der Waals surface area contributed by atoms with Crippen LogP contribution in [0.1, 0.15) is 23.0 Å². The smallest absolute Gasteiger partial charge is 0.164 e. The van der Waals surface area contributed by atoms with Crippen molar-refractivity contribution in [3.63, 3.8) is 0 Å². The van der Waals surface area contributed by atoms with Gasteiger partial charge in [0, 0.05) is 15.7 Å². The molecule has 0 amide bonds. The van der Waals surface area contributed by atoms with Crippen molar-refractivity contribution in [3.05, 3.63) is 39.5 Å². The lowest BCUT2D eigenvalue weighted by Crippen LogP contribution is -1.98. The van der Waals surface area contributed by atoms with Crippen LogP contribution < -0.4 is 5.32 Å². The van der Waals surface area contributed by atoms with Crippen molar-refractivity contribution in [1.82, 2.24) is 4.37 Å². The minimum Gasteiger partial charge on any atom is -0.345 e. The van der Waals surface area contributed by atoms with Gasteiger partial charge in [-0.2, -0.15) is 4.37 Å². The van der Waals surface area contributed by atoms with Gasteiger partial charge in [0.2, 0.25) is 0 Å². The van der Waals surface area contributed by atoms with Gasteiger partial charge in [-0.25, -0.2) is 0 Å². The lowest BCUT2D eigenvalue weighted by atomic mass is 10.2. The third kappa shape index (κ3) is 2.83. The van der Waals surface area contributed by atoms with Crippen LogP contribution in [0, 0.1) is 6.92 Å². The van der Waals surface area contributed by atoms with Crippen LogP contribution in [-0.4, -0.2) is 10.2 Å². The molecule has 0 bridgehead atoms. The van der Waals surface area contributed by atoms with Gasteiger partial charge in [0.1, 0.15) is 5.00 Å². The van der Waals surface area contributed by atoms with Gasteiger partial charge in [-0.1, -0.05) is 23.2 Å². The molecule has 0 unspecified atom stereocenters. The SMILES string of the molecule is CC(=O)c1c(C)nsc1Nc1cc(Cl)cc(Cl)c1. The van der Waals surface area contributed by atoms with Gasteiger partial charge >= 0.3 is 0 Å². The van der Waals surface area contributed by atoms with Gasteiger partial charge in [0.25, 0.3) is 0 Å². The van der Waals surface area contributed by atoms with E-state index in [2.05, 4.69) is 9.69 Å². The quantitative estimate of drug-likeness (QED) is 0.835. The molecule has 3 nitrogen and oxygen atoms in total. The zero-order valence-corrected chi connectivity index (χ0v) is 12.1. The highest BCUT2D eigenvalue weighted by atomic mass is 35.5. The molecule has 0 saturated heterocycles. The minimum atomic E-state index is -0.0168. The Morgan fingerprint density at radius 2 is 1.89 bits per heavy atom. The molecule has 0 spiro atoms. The van der Waals surface area contributed by atoms with E-state index in [0.29, 0.717) is 20.6 Å². The number of aryl methyl sites for hydroxylation is 1. The largest absolute Gasteiger partial charge is 0.345 e. The maximum atomic E-state index is 11.5. The Labute approximate surface area is 119 Å². The van der Waals surface area contributed by atoms with E-state index in [1.807, 2.05) is 6.92 Å². The molecule has 18 heavy (non-hydrogen) atoms. The Bertz CT molecular complexity index is 590. The van der Waals surface area contributed by atoms with Crippen LogP contribution in [0.25, 0.3) is 0 Å². The highest BCUT2D eigenvalue weighted by Crippen LogP contribution is 2.30. The first-order valence-electron chi connectivity index (χ1n) is 5.17. The third-order valence-corrected chi connectivity index (χ3v) is 3.63. The topological polar surface area (TPSA) is 42.0 Å². The van der Waals surface area contributed by atoms with Crippen LogP contribution in [0.5, 0.6) is 0 Å². The number of nitrogens with zero attached hydrogens (tertiary/aromatic N) is 1. The first-order chi connectivity index (χ1) is 8.47. The van der Waals surface area contributed by atoms with Crippen LogP contribution in [0.4, 0.5) is 10.7 Å². The predicted molar refractivity (Wildman–Crippen MR) is 76.6 cm³/mol. The second-order valence-corrected chi connectivity index (χ2v) is 5.46. The standard InChI is InChI=1S/C12H10Cl2N2OS/c1-6-11(7(2)17)12(18-16-6)15-10-4-8(13)3-9(14)5-10/h3-5,15H,1-2H3. The molecule has 0 saturated carbocycles. The number of hydrogen-bond donors (Lipinski definition) is 1. The summed E-state index contributed by atoms with van der Waals surface area (Å²) in [6, 6.07) is 5.14. The molecule has 1 heterocycles. The van der Waals surface area contributed by atoms with E-state index in [1.54, 1.807) is 18.2 Å². The summed E-state index contributed by atoms with van der Waals surface area (Å²) in [5.41, 5.74) is 2.07. The van der Waals surface area contributed by atoms with Crippen LogP contribution in [0.15, 0.2) is 18.2 Å². The van der Waals surface area contributed by atoms with Gasteiger partial charge in [-0.3, -0.25) is 4.79 Å². The number of Topliss-reactive ketones (excluding diaryl/α,β-unsaturated/α-hetero) is 1. The average Bonchev–Trinajstić information content (AvgIpc) is 2.57. The summed E-state index contributed by atoms with van der Waals surface area (Å²) in [6.07, 6.45) is 0. The Balaban J connectivity index is 2.37. The van der Waals surface area contributed by atoms with E-state index >= 15 is 0 Å². The zero-order valence-electron chi connectivity index (χ0n) is 9.75. The first kappa shape index (κ1) is 13.3. The summed E-state index contributed by atoms with van der Waals surface area (Å²) in [4.78, 5) is 11.5. The number of hydrogen-bond acceptors (Lipinski definition) is 4.